The van der Waals surface area contributed by atoms with E-state index in [1.807, 2.05) is 33.8 Å². The van der Waals surface area contributed by atoms with Gasteiger partial charge in [0.25, 0.3) is 0 Å². The molecule has 20 heavy (non-hydrogen) atoms. The number of ether oxygens (including phenoxy) is 1. The average molecular weight is 362 g/mol. The van der Waals surface area contributed by atoms with Gasteiger partial charge in [-0.05, 0) is 51.0 Å². The Morgan fingerprint density at radius 2 is 1.70 bits per heavy atom. The van der Waals surface area contributed by atoms with Gasteiger partial charge in [0.15, 0.2) is 0 Å². The van der Waals surface area contributed by atoms with E-state index in [-0.39, 0.29) is 12.2 Å². The molecule has 0 aliphatic carbocycles. The van der Waals surface area contributed by atoms with Crippen LogP contribution in [0.4, 0.5) is 0 Å². The number of aryl methyl sites for hydroxylation is 2. The molecule has 0 amide bonds. The van der Waals surface area contributed by atoms with Crippen molar-refractivity contribution in [1.29, 1.82) is 0 Å². The van der Waals surface area contributed by atoms with Gasteiger partial charge in [0.1, 0.15) is 0 Å². The summed E-state index contributed by atoms with van der Waals surface area (Å²) in [5.41, 5.74) is 1.68. The first-order valence-electron chi connectivity index (χ1n) is 6.64. The maximum Gasteiger partial charge on any atom is 0.243 e. The van der Waals surface area contributed by atoms with Crippen LogP contribution in [0.2, 0.25) is 0 Å². The molecule has 2 rings (SSSR count). The van der Waals surface area contributed by atoms with Gasteiger partial charge >= 0.3 is 0 Å². The highest BCUT2D eigenvalue weighted by Crippen LogP contribution is 2.28. The van der Waals surface area contributed by atoms with Crippen LogP contribution in [0.5, 0.6) is 0 Å². The number of benzene rings is 1. The van der Waals surface area contributed by atoms with Gasteiger partial charge in [-0.1, -0.05) is 15.9 Å². The number of hydrogen-bond acceptors (Lipinski definition) is 3. The molecule has 0 aromatic heterocycles. The second-order valence-electron chi connectivity index (χ2n) is 5.45. The van der Waals surface area contributed by atoms with E-state index in [0.29, 0.717) is 18.0 Å². The van der Waals surface area contributed by atoms with E-state index in [2.05, 4.69) is 15.9 Å². The van der Waals surface area contributed by atoms with Gasteiger partial charge in [-0.3, -0.25) is 0 Å². The highest BCUT2D eigenvalue weighted by Gasteiger charge is 2.33. The molecule has 1 aromatic carbocycles. The lowest BCUT2D eigenvalue weighted by Gasteiger charge is -2.34. The summed E-state index contributed by atoms with van der Waals surface area (Å²) in [6.07, 6.45) is -0.157. The Balaban J connectivity index is 2.42. The Kier molecular flexibility index (Phi) is 4.59. The van der Waals surface area contributed by atoms with Crippen molar-refractivity contribution < 1.29 is 13.2 Å². The summed E-state index contributed by atoms with van der Waals surface area (Å²) >= 11 is 3.43. The molecule has 1 heterocycles. The van der Waals surface area contributed by atoms with Gasteiger partial charge in [-0.2, -0.15) is 4.31 Å². The molecule has 0 unspecified atom stereocenters. The molecule has 0 N–H and O–H groups in total. The summed E-state index contributed by atoms with van der Waals surface area (Å²) in [7, 11) is -3.47. The van der Waals surface area contributed by atoms with E-state index >= 15 is 0 Å². The van der Waals surface area contributed by atoms with Crippen LogP contribution in [-0.4, -0.2) is 38.0 Å². The topological polar surface area (TPSA) is 46.6 Å². The summed E-state index contributed by atoms with van der Waals surface area (Å²) in [5.74, 6) is 0. The zero-order valence-corrected chi connectivity index (χ0v) is 14.6. The molecule has 1 aromatic rings. The van der Waals surface area contributed by atoms with Crippen molar-refractivity contribution in [2.45, 2.75) is 44.8 Å². The van der Waals surface area contributed by atoms with Crippen LogP contribution in [0, 0.1) is 13.8 Å². The van der Waals surface area contributed by atoms with Crippen LogP contribution in [-0.2, 0) is 14.8 Å². The molecule has 112 valence electrons. The third-order valence-electron chi connectivity index (χ3n) is 3.46. The molecule has 1 saturated heterocycles. The van der Waals surface area contributed by atoms with Crippen molar-refractivity contribution >= 4 is 26.0 Å². The Morgan fingerprint density at radius 1 is 1.15 bits per heavy atom. The molecule has 6 heteroatoms. The molecule has 0 bridgehead atoms. The fourth-order valence-electron chi connectivity index (χ4n) is 2.50. The minimum Gasteiger partial charge on any atom is -0.373 e. The van der Waals surface area contributed by atoms with Gasteiger partial charge in [0.05, 0.1) is 17.1 Å². The van der Waals surface area contributed by atoms with E-state index in [4.69, 9.17) is 4.74 Å². The van der Waals surface area contributed by atoms with Gasteiger partial charge < -0.3 is 4.74 Å². The molecular formula is C14H20BrNO3S. The standard InChI is InChI=1S/C14H20BrNO3S/c1-9-6-14(10(2)5-13(9)15)20(17,18)16-7-11(3)19-12(4)8-16/h5-6,11-12H,7-8H2,1-4H3/t11-,12-/m0/s1. The molecule has 0 radical (unpaired) electrons. The van der Waals surface area contributed by atoms with Crippen LogP contribution in [0.3, 0.4) is 0 Å². The Morgan fingerprint density at radius 3 is 2.25 bits per heavy atom. The lowest BCUT2D eigenvalue weighted by atomic mass is 10.2. The van der Waals surface area contributed by atoms with Gasteiger partial charge in [-0.25, -0.2) is 8.42 Å². The number of halogens is 1. The molecule has 2 atom stereocenters. The third-order valence-corrected chi connectivity index (χ3v) is 6.29. The molecule has 4 nitrogen and oxygen atoms in total. The van der Waals surface area contributed by atoms with Crippen molar-refractivity contribution in [1.82, 2.24) is 4.31 Å². The first-order chi connectivity index (χ1) is 9.21. The van der Waals surface area contributed by atoms with E-state index in [9.17, 15) is 8.42 Å². The lowest BCUT2D eigenvalue weighted by Crippen LogP contribution is -2.48. The van der Waals surface area contributed by atoms with Crippen LogP contribution in [0.25, 0.3) is 0 Å². The maximum atomic E-state index is 12.8. The molecule has 0 saturated carbocycles. The Hall–Kier alpha value is -0.430. The van der Waals surface area contributed by atoms with Gasteiger partial charge in [-0.15, -0.1) is 0 Å². The number of hydrogen-bond donors (Lipinski definition) is 0. The summed E-state index contributed by atoms with van der Waals surface area (Å²) < 4.78 is 33.7. The second-order valence-corrected chi connectivity index (χ2v) is 8.21. The largest absolute Gasteiger partial charge is 0.373 e. The summed E-state index contributed by atoms with van der Waals surface area (Å²) in [4.78, 5) is 0.388. The molecule has 1 aliphatic heterocycles. The van der Waals surface area contributed by atoms with E-state index in [1.165, 1.54) is 4.31 Å². The molecule has 1 fully saturated rings. The zero-order valence-electron chi connectivity index (χ0n) is 12.2. The fourth-order valence-corrected chi connectivity index (χ4v) is 4.84. The smallest absolute Gasteiger partial charge is 0.243 e. The minimum absolute atomic E-state index is 0.0784. The number of rotatable bonds is 2. The Bertz CT molecular complexity index is 605. The van der Waals surface area contributed by atoms with Crippen molar-refractivity contribution in [3.63, 3.8) is 0 Å². The van der Waals surface area contributed by atoms with E-state index in [1.54, 1.807) is 6.07 Å². The first-order valence-corrected chi connectivity index (χ1v) is 8.87. The first kappa shape index (κ1) is 15.9. The quantitative estimate of drug-likeness (QED) is 0.813. The van der Waals surface area contributed by atoms with Crippen molar-refractivity contribution in [2.24, 2.45) is 0 Å². The van der Waals surface area contributed by atoms with E-state index in [0.717, 1.165) is 15.6 Å². The van der Waals surface area contributed by atoms with Crippen LogP contribution in [0.15, 0.2) is 21.5 Å². The molecule has 0 spiro atoms. The third kappa shape index (κ3) is 3.08. The highest BCUT2D eigenvalue weighted by atomic mass is 79.9. The monoisotopic (exact) mass is 361 g/mol. The maximum absolute atomic E-state index is 12.8. The zero-order chi connectivity index (χ0) is 15.1. The van der Waals surface area contributed by atoms with Gasteiger partial charge in [0.2, 0.25) is 10.0 Å². The number of morpholine rings is 1. The van der Waals surface area contributed by atoms with Crippen molar-refractivity contribution in [3.05, 3.63) is 27.7 Å². The summed E-state index contributed by atoms with van der Waals surface area (Å²) in [6.45, 7) is 8.33. The van der Waals surface area contributed by atoms with Crippen LogP contribution in [0.1, 0.15) is 25.0 Å². The molecular weight excluding hydrogens is 342 g/mol. The summed E-state index contributed by atoms with van der Waals surface area (Å²) in [5, 5.41) is 0. The van der Waals surface area contributed by atoms with Crippen LogP contribution < -0.4 is 0 Å². The van der Waals surface area contributed by atoms with Crippen LogP contribution >= 0.6 is 15.9 Å². The lowest BCUT2D eigenvalue weighted by molar-refractivity contribution is -0.0440. The summed E-state index contributed by atoms with van der Waals surface area (Å²) in [6, 6.07) is 3.59. The minimum atomic E-state index is -3.47. The predicted octanol–water partition coefficient (Wildman–Crippen LogP) is 2.86. The fraction of sp³-hybridized carbons (Fsp3) is 0.571. The highest BCUT2D eigenvalue weighted by molar-refractivity contribution is 9.10. The van der Waals surface area contributed by atoms with E-state index < -0.39 is 10.0 Å². The van der Waals surface area contributed by atoms with Gasteiger partial charge in [0, 0.05) is 17.6 Å². The molecule has 1 aliphatic rings. The average Bonchev–Trinajstić information content (AvgIpc) is 2.32. The number of nitrogens with zero attached hydrogens (tertiary/aromatic N) is 1. The van der Waals surface area contributed by atoms with Crippen molar-refractivity contribution in [3.8, 4) is 0 Å². The predicted molar refractivity (Wildman–Crippen MR) is 82.4 cm³/mol. The Labute approximate surface area is 129 Å². The van der Waals surface area contributed by atoms with Crippen molar-refractivity contribution in [2.75, 3.05) is 13.1 Å². The number of sulfonamides is 1. The SMILES string of the molecule is Cc1cc(S(=O)(=O)N2C[C@H](C)O[C@@H](C)C2)c(C)cc1Br. The normalized spacial score (nSPS) is 24.9. The second kappa shape index (κ2) is 5.75.